The Morgan fingerprint density at radius 1 is 1.35 bits per heavy atom. The Balaban J connectivity index is 2.99. The van der Waals surface area contributed by atoms with Crippen LogP contribution in [0.5, 0.6) is 0 Å². The molecule has 0 heterocycles. The minimum absolute atomic E-state index is 0.0187. The van der Waals surface area contributed by atoms with E-state index in [9.17, 15) is 10.1 Å². The third-order valence-electron chi connectivity index (χ3n) is 3.54. The van der Waals surface area contributed by atoms with E-state index in [1.807, 2.05) is 57.2 Å². The molecule has 1 rings (SSSR count). The van der Waals surface area contributed by atoms with Gasteiger partial charge in [-0.2, -0.15) is 5.26 Å². The molecule has 0 bridgehead atoms. The van der Waals surface area contributed by atoms with Gasteiger partial charge in [0.2, 0.25) is 0 Å². The largest absolute Gasteiger partial charge is 0.395 e. The van der Waals surface area contributed by atoms with Crippen LogP contribution in [0, 0.1) is 11.3 Å². The van der Waals surface area contributed by atoms with Crippen molar-refractivity contribution < 1.29 is 9.90 Å². The van der Waals surface area contributed by atoms with Gasteiger partial charge < -0.3 is 14.9 Å². The molecule has 1 amide bonds. The SMILES string of the molecule is CCN(/C=C(/C#N)C(=O)N(Cc1ccccc1)C(C)C)CCO. The molecule has 0 aliphatic rings. The molecule has 23 heavy (non-hydrogen) atoms. The molecule has 0 atom stereocenters. The van der Waals surface area contributed by atoms with Gasteiger partial charge in [0, 0.05) is 31.9 Å². The van der Waals surface area contributed by atoms with Gasteiger partial charge in [0.05, 0.1) is 6.61 Å². The molecule has 1 aromatic carbocycles. The van der Waals surface area contributed by atoms with Gasteiger partial charge in [-0.25, -0.2) is 0 Å². The van der Waals surface area contributed by atoms with Crippen LogP contribution in [0.2, 0.25) is 0 Å². The van der Waals surface area contributed by atoms with Crippen LogP contribution < -0.4 is 0 Å². The highest BCUT2D eigenvalue weighted by Gasteiger charge is 2.21. The van der Waals surface area contributed by atoms with Gasteiger partial charge in [-0.1, -0.05) is 30.3 Å². The quantitative estimate of drug-likeness (QED) is 0.589. The normalized spacial score (nSPS) is 11.2. The second-order valence-electron chi connectivity index (χ2n) is 5.52. The highest BCUT2D eigenvalue weighted by molar-refractivity contribution is 5.97. The number of hydrogen-bond acceptors (Lipinski definition) is 4. The predicted molar refractivity (Wildman–Crippen MR) is 90.2 cm³/mol. The Hall–Kier alpha value is -2.32. The second-order valence-corrected chi connectivity index (χ2v) is 5.52. The summed E-state index contributed by atoms with van der Waals surface area (Å²) in [7, 11) is 0. The molecule has 0 radical (unpaired) electrons. The molecule has 124 valence electrons. The van der Waals surface area contributed by atoms with Crippen molar-refractivity contribution in [2.24, 2.45) is 0 Å². The Morgan fingerprint density at radius 3 is 2.48 bits per heavy atom. The molecule has 0 aliphatic heterocycles. The van der Waals surface area contributed by atoms with Crippen LogP contribution in [0.25, 0.3) is 0 Å². The smallest absolute Gasteiger partial charge is 0.266 e. The molecule has 0 fully saturated rings. The average Bonchev–Trinajstić information content (AvgIpc) is 2.56. The topological polar surface area (TPSA) is 67.6 Å². The Morgan fingerprint density at radius 2 is 2.00 bits per heavy atom. The average molecular weight is 315 g/mol. The Kier molecular flexibility index (Phi) is 7.86. The molecular formula is C18H25N3O2. The Bertz CT molecular complexity index is 561. The molecule has 0 saturated heterocycles. The molecule has 0 saturated carbocycles. The van der Waals surface area contributed by atoms with E-state index in [4.69, 9.17) is 5.11 Å². The summed E-state index contributed by atoms with van der Waals surface area (Å²) in [5.74, 6) is -0.289. The van der Waals surface area contributed by atoms with E-state index in [-0.39, 0.29) is 24.1 Å². The van der Waals surface area contributed by atoms with Crippen molar-refractivity contribution in [1.29, 1.82) is 5.26 Å². The number of carbonyl (C=O) groups is 1. The number of hydrogen-bond donors (Lipinski definition) is 1. The number of nitriles is 1. The number of benzene rings is 1. The van der Waals surface area contributed by atoms with E-state index in [0.717, 1.165) is 5.56 Å². The molecule has 1 N–H and O–H groups in total. The molecule has 0 aromatic heterocycles. The van der Waals surface area contributed by atoms with Gasteiger partial charge in [0.25, 0.3) is 5.91 Å². The van der Waals surface area contributed by atoms with E-state index in [2.05, 4.69) is 0 Å². The van der Waals surface area contributed by atoms with Crippen molar-refractivity contribution in [3.8, 4) is 6.07 Å². The summed E-state index contributed by atoms with van der Waals surface area (Å²) >= 11 is 0. The third-order valence-corrected chi connectivity index (χ3v) is 3.54. The van der Waals surface area contributed by atoms with Crippen molar-refractivity contribution >= 4 is 5.91 Å². The van der Waals surface area contributed by atoms with E-state index in [1.54, 1.807) is 16.0 Å². The van der Waals surface area contributed by atoms with E-state index < -0.39 is 0 Å². The van der Waals surface area contributed by atoms with Crippen molar-refractivity contribution in [3.05, 3.63) is 47.7 Å². The summed E-state index contributed by atoms with van der Waals surface area (Å²) in [5, 5.41) is 18.4. The van der Waals surface area contributed by atoms with Crippen LogP contribution in [0.3, 0.4) is 0 Å². The van der Waals surface area contributed by atoms with Crippen LogP contribution in [0.4, 0.5) is 0 Å². The number of amides is 1. The van der Waals surface area contributed by atoms with Gasteiger partial charge >= 0.3 is 0 Å². The zero-order valence-electron chi connectivity index (χ0n) is 14.1. The molecule has 5 heteroatoms. The van der Waals surface area contributed by atoms with Gasteiger partial charge in [-0.05, 0) is 26.3 Å². The lowest BCUT2D eigenvalue weighted by Crippen LogP contribution is -2.37. The summed E-state index contributed by atoms with van der Waals surface area (Å²) in [4.78, 5) is 16.2. The maximum atomic E-state index is 12.7. The van der Waals surface area contributed by atoms with E-state index >= 15 is 0 Å². The lowest BCUT2D eigenvalue weighted by molar-refractivity contribution is -0.129. The molecule has 0 unspecified atom stereocenters. The van der Waals surface area contributed by atoms with Crippen LogP contribution in [-0.2, 0) is 11.3 Å². The van der Waals surface area contributed by atoms with Crippen LogP contribution in [-0.4, -0.2) is 46.6 Å². The first kappa shape index (κ1) is 18.7. The second kappa shape index (κ2) is 9.65. The van der Waals surface area contributed by atoms with Crippen LogP contribution >= 0.6 is 0 Å². The van der Waals surface area contributed by atoms with Crippen molar-refractivity contribution in [1.82, 2.24) is 9.80 Å². The number of carbonyl (C=O) groups excluding carboxylic acids is 1. The summed E-state index contributed by atoms with van der Waals surface area (Å²) in [6.45, 7) is 7.24. The number of nitrogens with zero attached hydrogens (tertiary/aromatic N) is 3. The standard InChI is InChI=1S/C18H25N3O2/c1-4-20(10-11-22)14-17(12-19)18(23)21(15(2)3)13-16-8-6-5-7-9-16/h5-9,14-15,22H,4,10-11,13H2,1-3H3/b17-14-. The monoisotopic (exact) mass is 315 g/mol. The first-order chi connectivity index (χ1) is 11.0. The maximum Gasteiger partial charge on any atom is 0.266 e. The number of aliphatic hydroxyl groups excluding tert-OH is 1. The first-order valence-corrected chi connectivity index (χ1v) is 7.85. The van der Waals surface area contributed by atoms with Gasteiger partial charge in [-0.3, -0.25) is 4.79 Å². The number of rotatable bonds is 8. The van der Waals surface area contributed by atoms with Crippen LogP contribution in [0.15, 0.2) is 42.1 Å². The fourth-order valence-corrected chi connectivity index (χ4v) is 2.18. The summed E-state index contributed by atoms with van der Waals surface area (Å²) < 4.78 is 0. The fourth-order valence-electron chi connectivity index (χ4n) is 2.18. The summed E-state index contributed by atoms with van der Waals surface area (Å²) in [6, 6.07) is 11.7. The van der Waals surface area contributed by atoms with Crippen LogP contribution in [0.1, 0.15) is 26.3 Å². The Labute approximate surface area is 138 Å². The minimum Gasteiger partial charge on any atom is -0.395 e. The molecular weight excluding hydrogens is 290 g/mol. The predicted octanol–water partition coefficient (Wildman–Crippen LogP) is 2.15. The van der Waals surface area contributed by atoms with Gasteiger partial charge in [-0.15, -0.1) is 0 Å². The molecule has 0 spiro atoms. The third kappa shape index (κ3) is 5.76. The highest BCUT2D eigenvalue weighted by atomic mass is 16.3. The fraction of sp³-hybridized carbons (Fsp3) is 0.444. The number of likely N-dealkylation sites (N-methyl/N-ethyl adjacent to an activating group) is 1. The van der Waals surface area contributed by atoms with Crippen molar-refractivity contribution in [2.45, 2.75) is 33.4 Å². The molecule has 5 nitrogen and oxygen atoms in total. The first-order valence-electron chi connectivity index (χ1n) is 7.85. The van der Waals surface area contributed by atoms with Crippen molar-refractivity contribution in [3.63, 3.8) is 0 Å². The van der Waals surface area contributed by atoms with E-state index in [0.29, 0.717) is 19.6 Å². The molecule has 0 aliphatic carbocycles. The minimum atomic E-state index is -0.289. The van der Waals surface area contributed by atoms with Gasteiger partial charge in [0.15, 0.2) is 0 Å². The zero-order chi connectivity index (χ0) is 17.2. The summed E-state index contributed by atoms with van der Waals surface area (Å²) in [6.07, 6.45) is 1.54. The molecule has 1 aromatic rings. The van der Waals surface area contributed by atoms with Gasteiger partial charge in [0.1, 0.15) is 11.6 Å². The lowest BCUT2D eigenvalue weighted by atomic mass is 10.1. The van der Waals surface area contributed by atoms with E-state index in [1.165, 1.54) is 0 Å². The van der Waals surface area contributed by atoms with Crippen molar-refractivity contribution in [2.75, 3.05) is 19.7 Å². The summed E-state index contributed by atoms with van der Waals surface area (Å²) in [5.41, 5.74) is 1.11. The zero-order valence-corrected chi connectivity index (χ0v) is 14.1. The lowest BCUT2D eigenvalue weighted by Gasteiger charge is -2.27. The maximum absolute atomic E-state index is 12.7. The number of aliphatic hydroxyl groups is 1. The highest BCUT2D eigenvalue weighted by Crippen LogP contribution is 2.13.